The van der Waals surface area contributed by atoms with Gasteiger partial charge in [0.05, 0.1) is 6.61 Å². The highest BCUT2D eigenvalue weighted by molar-refractivity contribution is 5.51. The SMILES string of the molecule is CC(C)C=O.OCCN1CCNCC1. The first-order valence-corrected chi connectivity index (χ1v) is 5.20. The maximum atomic E-state index is 9.50. The van der Waals surface area contributed by atoms with Gasteiger partial charge in [0.1, 0.15) is 6.29 Å². The van der Waals surface area contributed by atoms with E-state index in [-0.39, 0.29) is 5.92 Å². The predicted octanol–water partition coefficient (Wildman–Crippen LogP) is -0.275. The fraction of sp³-hybridized carbons (Fsp3) is 0.900. The van der Waals surface area contributed by atoms with Crippen LogP contribution in [0.25, 0.3) is 0 Å². The molecule has 1 saturated heterocycles. The smallest absolute Gasteiger partial charge is 0.122 e. The van der Waals surface area contributed by atoms with Gasteiger partial charge in [0.2, 0.25) is 0 Å². The topological polar surface area (TPSA) is 52.6 Å². The van der Waals surface area contributed by atoms with E-state index in [2.05, 4.69) is 10.2 Å². The molecule has 0 aromatic rings. The van der Waals surface area contributed by atoms with Crippen LogP contribution in [0.15, 0.2) is 0 Å². The molecular formula is C10H22N2O2. The van der Waals surface area contributed by atoms with Crippen LogP contribution in [0.1, 0.15) is 13.8 Å². The Labute approximate surface area is 86.3 Å². The Bertz CT molecular complexity index is 131. The van der Waals surface area contributed by atoms with E-state index in [4.69, 9.17) is 5.11 Å². The molecule has 0 atom stereocenters. The molecule has 0 aromatic carbocycles. The first-order valence-electron chi connectivity index (χ1n) is 5.20. The Morgan fingerprint density at radius 2 is 1.93 bits per heavy atom. The van der Waals surface area contributed by atoms with Crippen molar-refractivity contribution >= 4 is 6.29 Å². The van der Waals surface area contributed by atoms with Crippen molar-refractivity contribution in [3.05, 3.63) is 0 Å². The molecule has 4 nitrogen and oxygen atoms in total. The average molecular weight is 202 g/mol. The number of rotatable bonds is 3. The second-order valence-electron chi connectivity index (χ2n) is 3.70. The van der Waals surface area contributed by atoms with Crippen molar-refractivity contribution in [3.8, 4) is 0 Å². The molecule has 1 aliphatic heterocycles. The second-order valence-corrected chi connectivity index (χ2v) is 3.70. The molecule has 1 fully saturated rings. The van der Waals surface area contributed by atoms with Crippen molar-refractivity contribution in [3.63, 3.8) is 0 Å². The van der Waals surface area contributed by atoms with Gasteiger partial charge in [-0.2, -0.15) is 0 Å². The fourth-order valence-corrected chi connectivity index (χ4v) is 1.08. The number of β-amino-alcohol motifs (C(OH)–C–C–N with tert-alkyl or cyclic N) is 1. The zero-order chi connectivity index (χ0) is 10.8. The molecule has 4 heteroatoms. The Balaban J connectivity index is 0.000000292. The molecule has 2 N–H and O–H groups in total. The molecular weight excluding hydrogens is 180 g/mol. The number of carbonyl (C=O) groups is 1. The first kappa shape index (κ1) is 13.5. The van der Waals surface area contributed by atoms with Crippen LogP contribution < -0.4 is 5.32 Å². The third-order valence-electron chi connectivity index (χ3n) is 1.90. The van der Waals surface area contributed by atoms with Gasteiger partial charge < -0.3 is 15.2 Å². The van der Waals surface area contributed by atoms with Crippen LogP contribution in [-0.2, 0) is 4.79 Å². The fourth-order valence-electron chi connectivity index (χ4n) is 1.08. The van der Waals surface area contributed by atoms with E-state index in [1.165, 1.54) is 0 Å². The number of aliphatic hydroxyl groups excluding tert-OH is 1. The quantitative estimate of drug-likeness (QED) is 0.618. The molecule has 84 valence electrons. The van der Waals surface area contributed by atoms with Crippen molar-refractivity contribution in [2.24, 2.45) is 5.92 Å². The third kappa shape index (κ3) is 8.16. The van der Waals surface area contributed by atoms with E-state index >= 15 is 0 Å². The maximum Gasteiger partial charge on any atom is 0.122 e. The van der Waals surface area contributed by atoms with Gasteiger partial charge in [-0.05, 0) is 0 Å². The van der Waals surface area contributed by atoms with E-state index in [0.29, 0.717) is 6.61 Å². The van der Waals surface area contributed by atoms with E-state index in [9.17, 15) is 4.79 Å². The summed E-state index contributed by atoms with van der Waals surface area (Å²) in [5, 5.41) is 11.8. The van der Waals surface area contributed by atoms with Gasteiger partial charge in [-0.25, -0.2) is 0 Å². The average Bonchev–Trinajstić information content (AvgIpc) is 2.21. The molecule has 1 aliphatic rings. The minimum absolute atomic E-state index is 0.204. The van der Waals surface area contributed by atoms with Gasteiger partial charge in [0, 0.05) is 38.6 Å². The minimum atomic E-state index is 0.204. The predicted molar refractivity (Wildman–Crippen MR) is 57.3 cm³/mol. The first-order chi connectivity index (χ1) is 6.70. The number of hydrogen-bond acceptors (Lipinski definition) is 4. The molecule has 0 aliphatic carbocycles. The number of carbonyl (C=O) groups excluding carboxylic acids is 1. The van der Waals surface area contributed by atoms with Gasteiger partial charge in [-0.1, -0.05) is 13.8 Å². The van der Waals surface area contributed by atoms with Crippen LogP contribution in [0.2, 0.25) is 0 Å². The Morgan fingerprint density at radius 3 is 2.29 bits per heavy atom. The highest BCUT2D eigenvalue weighted by atomic mass is 16.3. The lowest BCUT2D eigenvalue weighted by Gasteiger charge is -2.25. The summed E-state index contributed by atoms with van der Waals surface area (Å²) in [4.78, 5) is 11.8. The van der Waals surface area contributed by atoms with Crippen LogP contribution >= 0.6 is 0 Å². The molecule has 0 radical (unpaired) electrons. The second kappa shape index (κ2) is 9.12. The lowest BCUT2D eigenvalue weighted by atomic mass is 10.3. The number of hydrogen-bond donors (Lipinski definition) is 2. The molecule has 14 heavy (non-hydrogen) atoms. The van der Waals surface area contributed by atoms with Crippen LogP contribution in [0, 0.1) is 5.92 Å². The summed E-state index contributed by atoms with van der Waals surface area (Å²) >= 11 is 0. The monoisotopic (exact) mass is 202 g/mol. The van der Waals surface area contributed by atoms with Crippen molar-refractivity contribution < 1.29 is 9.90 Å². The summed E-state index contributed by atoms with van der Waals surface area (Å²) in [6, 6.07) is 0. The van der Waals surface area contributed by atoms with Gasteiger partial charge in [-0.15, -0.1) is 0 Å². The molecule has 1 heterocycles. The Hall–Kier alpha value is -0.450. The summed E-state index contributed by atoms with van der Waals surface area (Å²) in [7, 11) is 0. The Kier molecular flexibility index (Phi) is 8.83. The number of aldehydes is 1. The summed E-state index contributed by atoms with van der Waals surface area (Å²) in [5.74, 6) is 0.204. The van der Waals surface area contributed by atoms with Gasteiger partial charge in [0.25, 0.3) is 0 Å². The zero-order valence-corrected chi connectivity index (χ0v) is 9.20. The minimum Gasteiger partial charge on any atom is -0.395 e. The molecule has 0 saturated carbocycles. The lowest BCUT2D eigenvalue weighted by molar-refractivity contribution is -0.110. The van der Waals surface area contributed by atoms with Crippen molar-refractivity contribution in [1.82, 2.24) is 10.2 Å². The Morgan fingerprint density at radius 1 is 1.43 bits per heavy atom. The van der Waals surface area contributed by atoms with E-state index in [1.807, 2.05) is 13.8 Å². The highest BCUT2D eigenvalue weighted by Gasteiger charge is 2.06. The summed E-state index contributed by atoms with van der Waals surface area (Å²) < 4.78 is 0. The number of nitrogens with zero attached hydrogens (tertiary/aromatic N) is 1. The van der Waals surface area contributed by atoms with Gasteiger partial charge in [0.15, 0.2) is 0 Å². The van der Waals surface area contributed by atoms with Crippen molar-refractivity contribution in [2.45, 2.75) is 13.8 Å². The molecule has 0 amide bonds. The number of piperazine rings is 1. The van der Waals surface area contributed by atoms with Crippen molar-refractivity contribution in [2.75, 3.05) is 39.3 Å². The molecule has 0 unspecified atom stereocenters. The lowest BCUT2D eigenvalue weighted by Crippen LogP contribution is -2.44. The standard InChI is InChI=1S/C6H14N2O.C4H8O/c9-6-5-8-3-1-7-2-4-8;1-4(2)3-5/h7,9H,1-6H2;3-4H,1-2H3. The van der Waals surface area contributed by atoms with Crippen LogP contribution in [-0.4, -0.2) is 55.6 Å². The van der Waals surface area contributed by atoms with E-state index < -0.39 is 0 Å². The molecule has 1 rings (SSSR count). The van der Waals surface area contributed by atoms with Crippen LogP contribution in [0.5, 0.6) is 0 Å². The summed E-state index contributed by atoms with van der Waals surface area (Å²) in [6.45, 7) is 9.14. The largest absolute Gasteiger partial charge is 0.395 e. The van der Waals surface area contributed by atoms with Crippen molar-refractivity contribution in [1.29, 1.82) is 0 Å². The van der Waals surface area contributed by atoms with E-state index in [0.717, 1.165) is 39.0 Å². The highest BCUT2D eigenvalue weighted by Crippen LogP contribution is 1.88. The normalized spacial score (nSPS) is 17.4. The van der Waals surface area contributed by atoms with Gasteiger partial charge >= 0.3 is 0 Å². The molecule has 0 aromatic heterocycles. The third-order valence-corrected chi connectivity index (χ3v) is 1.90. The maximum absolute atomic E-state index is 9.50. The molecule has 0 spiro atoms. The van der Waals surface area contributed by atoms with E-state index in [1.54, 1.807) is 0 Å². The van der Waals surface area contributed by atoms with Crippen LogP contribution in [0.4, 0.5) is 0 Å². The van der Waals surface area contributed by atoms with Crippen LogP contribution in [0.3, 0.4) is 0 Å². The summed E-state index contributed by atoms with van der Waals surface area (Å²) in [6.07, 6.45) is 0.917. The number of aliphatic hydroxyl groups is 1. The molecule has 0 bridgehead atoms. The van der Waals surface area contributed by atoms with Gasteiger partial charge in [-0.3, -0.25) is 4.90 Å². The summed E-state index contributed by atoms with van der Waals surface area (Å²) in [5.41, 5.74) is 0. The zero-order valence-electron chi connectivity index (χ0n) is 9.20. The number of nitrogens with one attached hydrogen (secondary N) is 1.